The average Bonchev–Trinajstić information content (AvgIpc) is 3.13. The van der Waals surface area contributed by atoms with E-state index in [0.717, 1.165) is 27.3 Å². The number of hydrogen-bond acceptors (Lipinski definition) is 4. The average molecular weight is 385 g/mol. The van der Waals surface area contributed by atoms with E-state index in [0.29, 0.717) is 6.54 Å². The molecule has 0 saturated carbocycles. The zero-order valence-corrected chi connectivity index (χ0v) is 16.4. The van der Waals surface area contributed by atoms with Crippen LogP contribution >= 0.6 is 11.3 Å². The normalized spacial score (nSPS) is 12.1. The molecule has 0 fully saturated rings. The number of hydrogen-bond donors (Lipinski definition) is 0. The van der Waals surface area contributed by atoms with Gasteiger partial charge in [-0.3, -0.25) is 9.98 Å². The van der Waals surface area contributed by atoms with Gasteiger partial charge < -0.3 is 0 Å². The summed E-state index contributed by atoms with van der Waals surface area (Å²) in [7, 11) is 0. The number of nitrogens with zero attached hydrogens (tertiary/aromatic N) is 4. The fourth-order valence-electron chi connectivity index (χ4n) is 2.93. The molecule has 2 heterocycles. The van der Waals surface area contributed by atoms with Gasteiger partial charge in [-0.1, -0.05) is 60.7 Å². The second-order valence-electron chi connectivity index (χ2n) is 6.51. The monoisotopic (exact) mass is 384 g/mol. The van der Waals surface area contributed by atoms with Crippen molar-refractivity contribution in [3.05, 3.63) is 94.9 Å². The maximum Gasteiger partial charge on any atom is 0.206 e. The fourth-order valence-corrected chi connectivity index (χ4v) is 3.75. The Hall–Kier alpha value is -3.31. The van der Waals surface area contributed by atoms with Gasteiger partial charge in [0.1, 0.15) is 0 Å². The van der Waals surface area contributed by atoms with Gasteiger partial charge in [-0.25, -0.2) is 4.68 Å². The maximum absolute atomic E-state index is 4.71. The highest BCUT2D eigenvalue weighted by Gasteiger charge is 2.10. The molecule has 2 aromatic carbocycles. The molecule has 0 amide bonds. The van der Waals surface area contributed by atoms with Crippen LogP contribution in [-0.4, -0.2) is 22.4 Å². The van der Waals surface area contributed by atoms with Crippen LogP contribution in [0.15, 0.2) is 94.5 Å². The smallest absolute Gasteiger partial charge is 0.206 e. The van der Waals surface area contributed by atoms with Gasteiger partial charge in [0.05, 0.1) is 24.1 Å². The third-order valence-electron chi connectivity index (χ3n) is 4.23. The van der Waals surface area contributed by atoms with Crippen LogP contribution in [0.2, 0.25) is 0 Å². The van der Waals surface area contributed by atoms with Crippen molar-refractivity contribution in [2.75, 3.05) is 6.54 Å². The van der Waals surface area contributed by atoms with Crippen molar-refractivity contribution >= 4 is 28.3 Å². The molecule has 4 nitrogen and oxygen atoms in total. The summed E-state index contributed by atoms with van der Waals surface area (Å²) in [5, 5.41) is 9.21. The Labute approximate surface area is 167 Å². The quantitative estimate of drug-likeness (QED) is 0.348. The van der Waals surface area contributed by atoms with Crippen molar-refractivity contribution in [1.82, 2.24) is 9.66 Å². The summed E-state index contributed by atoms with van der Waals surface area (Å²) in [5.74, 6) is 0. The first-order valence-corrected chi connectivity index (χ1v) is 9.89. The number of benzene rings is 2. The Morgan fingerprint density at radius 3 is 2.75 bits per heavy atom. The molecule has 0 radical (unpaired) electrons. The molecule has 0 aliphatic rings. The van der Waals surface area contributed by atoms with E-state index >= 15 is 0 Å². The lowest BCUT2D eigenvalue weighted by atomic mass is 10.0. The van der Waals surface area contributed by atoms with E-state index < -0.39 is 0 Å². The molecule has 0 aliphatic carbocycles. The lowest BCUT2D eigenvalue weighted by molar-refractivity contribution is 0.836. The van der Waals surface area contributed by atoms with Crippen molar-refractivity contribution in [1.29, 1.82) is 0 Å². The van der Waals surface area contributed by atoms with Crippen molar-refractivity contribution in [3.63, 3.8) is 0 Å². The van der Waals surface area contributed by atoms with Gasteiger partial charge in [0.15, 0.2) is 0 Å². The van der Waals surface area contributed by atoms with Crippen LogP contribution < -0.4 is 4.80 Å². The SMILES string of the molecule is C=C(C)CN=c1scc(-c2cccc3ccccc23)n1N=Cc1ccccn1. The number of thiazole rings is 1. The molecule has 0 aliphatic heterocycles. The lowest BCUT2D eigenvalue weighted by Crippen LogP contribution is -2.13. The molecular formula is C23H20N4S. The van der Waals surface area contributed by atoms with Gasteiger partial charge >= 0.3 is 0 Å². The Kier molecular flexibility index (Phi) is 5.26. The molecule has 2 aromatic heterocycles. The van der Waals surface area contributed by atoms with E-state index in [1.54, 1.807) is 23.7 Å². The molecular weight excluding hydrogens is 364 g/mol. The van der Waals surface area contributed by atoms with E-state index in [1.807, 2.05) is 29.8 Å². The van der Waals surface area contributed by atoms with E-state index in [9.17, 15) is 0 Å². The summed E-state index contributed by atoms with van der Waals surface area (Å²) >= 11 is 1.58. The Balaban J connectivity index is 1.89. The van der Waals surface area contributed by atoms with E-state index in [4.69, 9.17) is 10.1 Å². The Morgan fingerprint density at radius 2 is 1.93 bits per heavy atom. The number of aromatic nitrogens is 2. The van der Waals surface area contributed by atoms with Crippen molar-refractivity contribution in [3.8, 4) is 11.3 Å². The maximum atomic E-state index is 4.71. The van der Waals surface area contributed by atoms with E-state index in [2.05, 4.69) is 59.4 Å². The van der Waals surface area contributed by atoms with Gasteiger partial charge in [-0.05, 0) is 29.8 Å². The highest BCUT2D eigenvalue weighted by atomic mass is 32.1. The lowest BCUT2D eigenvalue weighted by Gasteiger charge is -2.07. The van der Waals surface area contributed by atoms with Crippen LogP contribution in [0, 0.1) is 0 Å². The summed E-state index contributed by atoms with van der Waals surface area (Å²) in [4.78, 5) is 9.85. The molecule has 4 rings (SSSR count). The summed E-state index contributed by atoms with van der Waals surface area (Å²) < 4.78 is 1.89. The molecule has 0 bridgehead atoms. The molecule has 4 aromatic rings. The van der Waals surface area contributed by atoms with Crippen LogP contribution in [0.1, 0.15) is 12.6 Å². The molecule has 0 unspecified atom stereocenters. The van der Waals surface area contributed by atoms with E-state index in [1.165, 1.54) is 10.8 Å². The fraction of sp³-hybridized carbons (Fsp3) is 0.0870. The zero-order valence-electron chi connectivity index (χ0n) is 15.6. The minimum Gasteiger partial charge on any atom is -0.255 e. The summed E-state index contributed by atoms with van der Waals surface area (Å²) in [6, 6.07) is 20.5. The van der Waals surface area contributed by atoms with Crippen LogP contribution in [0.25, 0.3) is 22.0 Å². The second-order valence-corrected chi connectivity index (χ2v) is 7.35. The molecule has 5 heteroatoms. The van der Waals surface area contributed by atoms with Crippen LogP contribution in [0.5, 0.6) is 0 Å². The standard InChI is InChI=1S/C23H20N4S/c1-17(2)14-25-23-27(26-15-19-10-5-6-13-24-19)22(16-28-23)21-12-7-9-18-8-3-4-11-20(18)21/h3-13,15-16H,1,14H2,2H3. The molecule has 0 N–H and O–H groups in total. The molecule has 0 saturated heterocycles. The predicted molar refractivity (Wildman–Crippen MR) is 118 cm³/mol. The Morgan fingerprint density at radius 1 is 1.11 bits per heavy atom. The van der Waals surface area contributed by atoms with E-state index in [-0.39, 0.29) is 0 Å². The minimum absolute atomic E-state index is 0.578. The number of fused-ring (bicyclic) bond motifs is 1. The largest absolute Gasteiger partial charge is 0.255 e. The molecule has 138 valence electrons. The van der Waals surface area contributed by atoms with Crippen molar-refractivity contribution in [2.24, 2.45) is 10.1 Å². The van der Waals surface area contributed by atoms with Gasteiger partial charge in [-0.2, -0.15) is 5.10 Å². The summed E-state index contributed by atoms with van der Waals surface area (Å²) in [5.41, 5.74) is 3.95. The van der Waals surface area contributed by atoms with Crippen LogP contribution in [-0.2, 0) is 0 Å². The topological polar surface area (TPSA) is 42.5 Å². The summed E-state index contributed by atoms with van der Waals surface area (Å²) in [6.07, 6.45) is 3.53. The van der Waals surface area contributed by atoms with Crippen molar-refractivity contribution in [2.45, 2.75) is 6.92 Å². The van der Waals surface area contributed by atoms with Crippen LogP contribution in [0.3, 0.4) is 0 Å². The number of pyridine rings is 1. The zero-order chi connectivity index (χ0) is 19.3. The minimum atomic E-state index is 0.578. The highest BCUT2D eigenvalue weighted by Crippen LogP contribution is 2.28. The Bertz CT molecular complexity index is 1210. The first-order chi connectivity index (χ1) is 13.7. The first-order valence-electron chi connectivity index (χ1n) is 9.01. The molecule has 0 spiro atoms. The predicted octanol–water partition coefficient (Wildman–Crippen LogP) is 5.12. The first kappa shape index (κ1) is 18.1. The highest BCUT2D eigenvalue weighted by molar-refractivity contribution is 7.07. The third-order valence-corrected chi connectivity index (χ3v) is 5.08. The molecule has 0 atom stereocenters. The van der Waals surface area contributed by atoms with Crippen molar-refractivity contribution < 1.29 is 0 Å². The third kappa shape index (κ3) is 3.85. The number of rotatable bonds is 5. The van der Waals surface area contributed by atoms with Crippen LogP contribution in [0.4, 0.5) is 0 Å². The summed E-state index contributed by atoms with van der Waals surface area (Å²) in [6.45, 7) is 6.51. The second kappa shape index (κ2) is 8.15. The van der Waals surface area contributed by atoms with Gasteiger partial charge in [0.25, 0.3) is 0 Å². The molecule has 28 heavy (non-hydrogen) atoms. The van der Waals surface area contributed by atoms with Gasteiger partial charge in [-0.15, -0.1) is 11.3 Å². The van der Waals surface area contributed by atoms with Gasteiger partial charge in [0, 0.05) is 17.1 Å². The van der Waals surface area contributed by atoms with Gasteiger partial charge in [0.2, 0.25) is 4.80 Å².